The summed E-state index contributed by atoms with van der Waals surface area (Å²) < 4.78 is 5.61. The number of amides is 1. The number of hydrogen-bond donors (Lipinski definition) is 2. The van der Waals surface area contributed by atoms with Crippen molar-refractivity contribution < 1.29 is 9.53 Å². The Morgan fingerprint density at radius 1 is 1.35 bits per heavy atom. The molecule has 4 heteroatoms. The van der Waals surface area contributed by atoms with E-state index in [1.54, 1.807) is 12.1 Å². The van der Waals surface area contributed by atoms with E-state index in [1.165, 1.54) is 0 Å². The van der Waals surface area contributed by atoms with Gasteiger partial charge in [-0.3, -0.25) is 4.79 Å². The predicted octanol–water partition coefficient (Wildman–Crippen LogP) is 2.47. The van der Waals surface area contributed by atoms with Crippen LogP contribution < -0.4 is 15.8 Å². The van der Waals surface area contributed by atoms with Gasteiger partial charge in [0.2, 0.25) is 0 Å². The molecule has 110 valence electrons. The number of hydrogen-bond acceptors (Lipinski definition) is 3. The number of benzene rings is 1. The van der Waals surface area contributed by atoms with Gasteiger partial charge < -0.3 is 15.8 Å². The van der Waals surface area contributed by atoms with Crippen molar-refractivity contribution in [2.24, 2.45) is 5.73 Å². The second kappa shape index (κ2) is 6.75. The van der Waals surface area contributed by atoms with E-state index in [2.05, 4.69) is 5.32 Å². The molecule has 1 aromatic rings. The summed E-state index contributed by atoms with van der Waals surface area (Å²) >= 11 is 0. The van der Waals surface area contributed by atoms with Crippen LogP contribution in [0.15, 0.2) is 24.3 Å². The zero-order chi connectivity index (χ0) is 14.5. The molecular formula is C16H24N2O2. The van der Waals surface area contributed by atoms with Crippen molar-refractivity contribution in [3.63, 3.8) is 0 Å². The van der Waals surface area contributed by atoms with E-state index in [1.807, 2.05) is 26.0 Å². The first-order valence-corrected chi connectivity index (χ1v) is 7.39. The van der Waals surface area contributed by atoms with Crippen LogP contribution in [-0.4, -0.2) is 24.1 Å². The number of nitrogens with two attached hydrogens (primary N) is 1. The lowest BCUT2D eigenvalue weighted by molar-refractivity contribution is 0.0920. The standard InChI is InChI=1S/C16H24N2O2/c1-11(2)20-13-7-5-6-12(10-13)16(19)18-15-9-4-3-8-14(15)17/h5-7,10-11,14-15H,3-4,8-9,17H2,1-2H3,(H,18,19)/t14-,15-/m1/s1. The van der Waals surface area contributed by atoms with Gasteiger partial charge >= 0.3 is 0 Å². The van der Waals surface area contributed by atoms with Gasteiger partial charge in [0, 0.05) is 17.6 Å². The second-order valence-corrected chi connectivity index (χ2v) is 5.72. The second-order valence-electron chi connectivity index (χ2n) is 5.72. The maximum atomic E-state index is 12.3. The number of ether oxygens (including phenoxy) is 1. The van der Waals surface area contributed by atoms with Crippen molar-refractivity contribution in [2.45, 2.75) is 57.7 Å². The number of rotatable bonds is 4. The van der Waals surface area contributed by atoms with Gasteiger partial charge in [-0.2, -0.15) is 0 Å². The summed E-state index contributed by atoms with van der Waals surface area (Å²) in [5.41, 5.74) is 6.69. The third-order valence-electron chi connectivity index (χ3n) is 3.60. The van der Waals surface area contributed by atoms with Crippen LogP contribution in [0, 0.1) is 0 Å². The highest BCUT2D eigenvalue weighted by Gasteiger charge is 2.23. The van der Waals surface area contributed by atoms with Gasteiger partial charge in [-0.1, -0.05) is 18.9 Å². The quantitative estimate of drug-likeness (QED) is 0.888. The molecule has 0 saturated heterocycles. The minimum absolute atomic E-state index is 0.0680. The zero-order valence-corrected chi connectivity index (χ0v) is 12.3. The van der Waals surface area contributed by atoms with Gasteiger partial charge in [-0.05, 0) is 44.9 Å². The molecule has 0 radical (unpaired) electrons. The lowest BCUT2D eigenvalue weighted by Gasteiger charge is -2.29. The maximum absolute atomic E-state index is 12.3. The Morgan fingerprint density at radius 3 is 2.80 bits per heavy atom. The van der Waals surface area contributed by atoms with E-state index < -0.39 is 0 Å². The van der Waals surface area contributed by atoms with E-state index in [4.69, 9.17) is 10.5 Å². The highest BCUT2D eigenvalue weighted by atomic mass is 16.5. The molecule has 0 bridgehead atoms. The molecule has 0 aromatic heterocycles. The molecule has 20 heavy (non-hydrogen) atoms. The van der Waals surface area contributed by atoms with Crippen molar-refractivity contribution in [1.82, 2.24) is 5.32 Å². The summed E-state index contributed by atoms with van der Waals surface area (Å²) in [5.74, 6) is 0.655. The Bertz CT molecular complexity index is 460. The summed E-state index contributed by atoms with van der Waals surface area (Å²) in [6.45, 7) is 3.93. The van der Waals surface area contributed by atoms with Crippen LogP contribution in [0.5, 0.6) is 5.75 Å². The average Bonchev–Trinajstić information content (AvgIpc) is 2.41. The molecule has 1 aromatic carbocycles. The van der Waals surface area contributed by atoms with E-state index in [0.29, 0.717) is 5.56 Å². The van der Waals surface area contributed by atoms with Crippen LogP contribution >= 0.6 is 0 Å². The Kier molecular flexibility index (Phi) is 5.01. The normalized spacial score (nSPS) is 22.6. The van der Waals surface area contributed by atoms with Crippen LogP contribution in [0.2, 0.25) is 0 Å². The summed E-state index contributed by atoms with van der Waals surface area (Å²) in [5, 5.41) is 3.05. The van der Waals surface area contributed by atoms with Crippen molar-refractivity contribution >= 4 is 5.91 Å². The molecule has 1 fully saturated rings. The third-order valence-corrected chi connectivity index (χ3v) is 3.60. The molecule has 1 saturated carbocycles. The Labute approximate surface area is 120 Å². The highest BCUT2D eigenvalue weighted by molar-refractivity contribution is 5.94. The predicted molar refractivity (Wildman–Crippen MR) is 79.9 cm³/mol. The number of carbonyl (C=O) groups excluding carboxylic acids is 1. The Hall–Kier alpha value is -1.55. The fraction of sp³-hybridized carbons (Fsp3) is 0.562. The Morgan fingerprint density at radius 2 is 2.10 bits per heavy atom. The SMILES string of the molecule is CC(C)Oc1cccc(C(=O)N[C@@H]2CCCC[C@H]2N)c1. The molecule has 0 spiro atoms. The van der Waals surface area contributed by atoms with Gasteiger partial charge in [0.05, 0.1) is 6.10 Å². The minimum Gasteiger partial charge on any atom is -0.491 e. The van der Waals surface area contributed by atoms with Crippen LogP contribution in [0.3, 0.4) is 0 Å². The largest absolute Gasteiger partial charge is 0.491 e. The van der Waals surface area contributed by atoms with Gasteiger partial charge in [-0.25, -0.2) is 0 Å². The van der Waals surface area contributed by atoms with Crippen molar-refractivity contribution in [3.05, 3.63) is 29.8 Å². The van der Waals surface area contributed by atoms with Crippen molar-refractivity contribution in [2.75, 3.05) is 0 Å². The van der Waals surface area contributed by atoms with Crippen molar-refractivity contribution in [3.8, 4) is 5.75 Å². The first-order valence-electron chi connectivity index (χ1n) is 7.39. The summed E-state index contributed by atoms with van der Waals surface area (Å²) in [6, 6.07) is 7.45. The van der Waals surface area contributed by atoms with E-state index >= 15 is 0 Å². The lowest BCUT2D eigenvalue weighted by Crippen LogP contribution is -2.49. The average molecular weight is 276 g/mol. The first kappa shape index (κ1) is 14.9. The summed E-state index contributed by atoms with van der Waals surface area (Å²) in [7, 11) is 0. The molecule has 1 aliphatic carbocycles. The summed E-state index contributed by atoms with van der Waals surface area (Å²) in [6.07, 6.45) is 4.34. The van der Waals surface area contributed by atoms with Crippen LogP contribution in [0.1, 0.15) is 49.9 Å². The molecule has 1 amide bonds. The van der Waals surface area contributed by atoms with E-state index in [0.717, 1.165) is 31.4 Å². The lowest BCUT2D eigenvalue weighted by atomic mass is 9.91. The van der Waals surface area contributed by atoms with E-state index in [-0.39, 0.29) is 24.1 Å². The zero-order valence-electron chi connectivity index (χ0n) is 12.3. The minimum atomic E-state index is -0.0680. The van der Waals surface area contributed by atoms with Gasteiger partial charge in [0.15, 0.2) is 0 Å². The monoisotopic (exact) mass is 276 g/mol. The molecular weight excluding hydrogens is 252 g/mol. The number of carbonyl (C=O) groups is 1. The fourth-order valence-corrected chi connectivity index (χ4v) is 2.57. The van der Waals surface area contributed by atoms with Gasteiger partial charge in [-0.15, -0.1) is 0 Å². The molecule has 0 heterocycles. The molecule has 3 N–H and O–H groups in total. The van der Waals surface area contributed by atoms with Gasteiger partial charge in [0.25, 0.3) is 5.91 Å². The summed E-state index contributed by atoms with van der Waals surface area (Å²) in [4.78, 5) is 12.3. The van der Waals surface area contributed by atoms with Crippen molar-refractivity contribution in [1.29, 1.82) is 0 Å². The molecule has 1 aliphatic rings. The third kappa shape index (κ3) is 3.97. The first-order chi connectivity index (χ1) is 9.56. The topological polar surface area (TPSA) is 64.3 Å². The highest BCUT2D eigenvalue weighted by Crippen LogP contribution is 2.19. The van der Waals surface area contributed by atoms with E-state index in [9.17, 15) is 4.79 Å². The van der Waals surface area contributed by atoms with Crippen LogP contribution in [0.4, 0.5) is 0 Å². The Balaban J connectivity index is 2.01. The molecule has 0 unspecified atom stereocenters. The maximum Gasteiger partial charge on any atom is 0.251 e. The molecule has 2 rings (SSSR count). The van der Waals surface area contributed by atoms with Crippen LogP contribution in [-0.2, 0) is 0 Å². The van der Waals surface area contributed by atoms with Crippen LogP contribution in [0.25, 0.3) is 0 Å². The smallest absolute Gasteiger partial charge is 0.251 e. The molecule has 2 atom stereocenters. The molecule has 0 aliphatic heterocycles. The fourth-order valence-electron chi connectivity index (χ4n) is 2.57. The van der Waals surface area contributed by atoms with Gasteiger partial charge in [0.1, 0.15) is 5.75 Å². The number of nitrogens with one attached hydrogen (secondary N) is 1. The molecule has 4 nitrogen and oxygen atoms in total.